The predicted octanol–water partition coefficient (Wildman–Crippen LogP) is 2.47. The van der Waals surface area contributed by atoms with Crippen LogP contribution in [0, 0.1) is 6.92 Å². The van der Waals surface area contributed by atoms with Crippen molar-refractivity contribution in [2.75, 3.05) is 11.4 Å². The number of rotatable bonds is 1. The van der Waals surface area contributed by atoms with Crippen molar-refractivity contribution in [3.63, 3.8) is 0 Å². The summed E-state index contributed by atoms with van der Waals surface area (Å²) in [5, 5.41) is 2.29. The number of nitrogens with one attached hydrogen (secondary N) is 1. The second-order valence-electron chi connectivity index (χ2n) is 3.59. The number of amides is 3. The maximum absolute atomic E-state index is 11.5. The van der Waals surface area contributed by atoms with Gasteiger partial charge < -0.3 is 0 Å². The Morgan fingerprint density at radius 2 is 1.71 bits per heavy atom. The monoisotopic (exact) mass is 234 g/mol. The number of benzene rings is 1. The number of carbonyl (C=O) groups is 2. The van der Waals surface area contributed by atoms with E-state index in [4.69, 9.17) is 0 Å². The average molecular weight is 234 g/mol. The number of imide groups is 1. The third-order valence-corrected chi connectivity index (χ3v) is 2.40. The van der Waals surface area contributed by atoms with Crippen molar-refractivity contribution in [3.05, 3.63) is 29.8 Å². The predicted molar refractivity (Wildman–Crippen MR) is 68.0 cm³/mol. The number of hydrogen-bond acceptors (Lipinski definition) is 2. The van der Waals surface area contributed by atoms with E-state index in [-0.39, 0.29) is 11.9 Å². The van der Waals surface area contributed by atoms with Gasteiger partial charge in [0.15, 0.2) is 0 Å². The van der Waals surface area contributed by atoms with Gasteiger partial charge in [-0.3, -0.25) is 15.0 Å². The Labute approximate surface area is 102 Å². The van der Waals surface area contributed by atoms with Gasteiger partial charge >= 0.3 is 6.03 Å². The Balaban J connectivity index is 0.000000686. The van der Waals surface area contributed by atoms with E-state index in [2.05, 4.69) is 5.32 Å². The molecular weight excluding hydrogens is 216 g/mol. The van der Waals surface area contributed by atoms with Crippen LogP contribution in [0.2, 0.25) is 0 Å². The van der Waals surface area contributed by atoms with Crippen molar-refractivity contribution < 1.29 is 9.59 Å². The van der Waals surface area contributed by atoms with Gasteiger partial charge in [0.05, 0.1) is 0 Å². The molecule has 1 aromatic carbocycles. The molecule has 0 bridgehead atoms. The molecule has 17 heavy (non-hydrogen) atoms. The molecule has 0 unspecified atom stereocenters. The molecule has 0 aliphatic carbocycles. The van der Waals surface area contributed by atoms with Crippen molar-refractivity contribution in [1.29, 1.82) is 0 Å². The van der Waals surface area contributed by atoms with Crippen molar-refractivity contribution in [2.24, 2.45) is 0 Å². The van der Waals surface area contributed by atoms with Crippen LogP contribution < -0.4 is 10.2 Å². The Kier molecular flexibility index (Phi) is 4.69. The fraction of sp³-hybridized carbons (Fsp3) is 0.385. The van der Waals surface area contributed by atoms with Gasteiger partial charge in [0.25, 0.3) is 0 Å². The van der Waals surface area contributed by atoms with Gasteiger partial charge in [0.2, 0.25) is 5.91 Å². The van der Waals surface area contributed by atoms with Crippen LogP contribution in [0.5, 0.6) is 0 Å². The zero-order chi connectivity index (χ0) is 12.8. The standard InChI is InChI=1S/C11H12N2O2.C2H6/c1-8-2-4-9(5-3-8)13-7-6-10(14)12-11(13)15;1-2/h2-5H,6-7H2,1H3,(H,12,14,15);1-2H3. The molecule has 2 rings (SSSR count). The lowest BCUT2D eigenvalue weighted by molar-refractivity contribution is -0.120. The van der Waals surface area contributed by atoms with E-state index in [1.807, 2.05) is 45.0 Å². The molecular formula is C13H18N2O2. The van der Waals surface area contributed by atoms with Crippen molar-refractivity contribution in [2.45, 2.75) is 27.2 Å². The molecule has 4 heteroatoms. The van der Waals surface area contributed by atoms with Crippen LogP contribution in [0.15, 0.2) is 24.3 Å². The second-order valence-corrected chi connectivity index (χ2v) is 3.59. The summed E-state index contributed by atoms with van der Waals surface area (Å²) in [6, 6.07) is 7.31. The maximum atomic E-state index is 11.5. The Bertz CT molecular complexity index is 398. The Morgan fingerprint density at radius 1 is 1.12 bits per heavy atom. The van der Waals surface area contributed by atoms with E-state index < -0.39 is 0 Å². The minimum atomic E-state index is -0.338. The van der Waals surface area contributed by atoms with Crippen LogP contribution in [0.3, 0.4) is 0 Å². The van der Waals surface area contributed by atoms with E-state index in [1.54, 1.807) is 4.90 Å². The summed E-state index contributed by atoms with van der Waals surface area (Å²) in [4.78, 5) is 24.0. The van der Waals surface area contributed by atoms with Crippen LogP contribution in [0.4, 0.5) is 10.5 Å². The Hall–Kier alpha value is -1.84. The lowest BCUT2D eigenvalue weighted by Gasteiger charge is -2.26. The lowest BCUT2D eigenvalue weighted by Crippen LogP contribution is -2.49. The maximum Gasteiger partial charge on any atom is 0.328 e. The summed E-state index contributed by atoms with van der Waals surface area (Å²) in [5.74, 6) is -0.205. The fourth-order valence-electron chi connectivity index (χ4n) is 1.54. The molecule has 0 spiro atoms. The highest BCUT2D eigenvalue weighted by Gasteiger charge is 2.23. The van der Waals surface area contributed by atoms with Gasteiger partial charge in [0, 0.05) is 18.7 Å². The normalized spacial score (nSPS) is 14.9. The number of urea groups is 1. The smallest absolute Gasteiger partial charge is 0.294 e. The third-order valence-electron chi connectivity index (χ3n) is 2.40. The van der Waals surface area contributed by atoms with E-state index in [0.29, 0.717) is 13.0 Å². The summed E-state index contributed by atoms with van der Waals surface area (Å²) >= 11 is 0. The quantitative estimate of drug-likeness (QED) is 0.811. The zero-order valence-electron chi connectivity index (χ0n) is 10.5. The summed E-state index contributed by atoms with van der Waals surface area (Å²) < 4.78 is 0. The zero-order valence-corrected chi connectivity index (χ0v) is 10.5. The van der Waals surface area contributed by atoms with Crippen LogP contribution in [-0.4, -0.2) is 18.5 Å². The number of hydrogen-bond donors (Lipinski definition) is 1. The first-order valence-corrected chi connectivity index (χ1v) is 5.85. The average Bonchev–Trinajstić information content (AvgIpc) is 2.33. The molecule has 0 saturated carbocycles. The molecule has 0 radical (unpaired) electrons. The summed E-state index contributed by atoms with van der Waals surface area (Å²) in [5.41, 5.74) is 1.97. The minimum Gasteiger partial charge on any atom is -0.294 e. The minimum absolute atomic E-state index is 0.205. The molecule has 1 fully saturated rings. The van der Waals surface area contributed by atoms with E-state index in [9.17, 15) is 9.59 Å². The fourth-order valence-corrected chi connectivity index (χ4v) is 1.54. The molecule has 1 aromatic rings. The largest absolute Gasteiger partial charge is 0.328 e. The van der Waals surface area contributed by atoms with Gasteiger partial charge in [-0.25, -0.2) is 4.79 Å². The highest BCUT2D eigenvalue weighted by molar-refractivity contribution is 6.05. The molecule has 1 saturated heterocycles. The van der Waals surface area contributed by atoms with Crippen LogP contribution in [0.25, 0.3) is 0 Å². The first-order valence-electron chi connectivity index (χ1n) is 5.85. The summed E-state index contributed by atoms with van der Waals surface area (Å²) in [6.07, 6.45) is 0.361. The first kappa shape index (κ1) is 13.2. The first-order chi connectivity index (χ1) is 8.16. The van der Waals surface area contributed by atoms with Gasteiger partial charge in [0.1, 0.15) is 0 Å². The third kappa shape index (κ3) is 3.31. The van der Waals surface area contributed by atoms with Crippen molar-refractivity contribution in [3.8, 4) is 0 Å². The number of aryl methyl sites for hydroxylation is 1. The van der Waals surface area contributed by atoms with Gasteiger partial charge in [-0.05, 0) is 19.1 Å². The number of nitrogens with zero attached hydrogens (tertiary/aromatic N) is 1. The molecule has 3 amide bonds. The molecule has 1 aliphatic heterocycles. The summed E-state index contributed by atoms with van der Waals surface area (Å²) in [7, 11) is 0. The molecule has 92 valence electrons. The van der Waals surface area contributed by atoms with Gasteiger partial charge in [-0.2, -0.15) is 0 Å². The molecule has 4 nitrogen and oxygen atoms in total. The summed E-state index contributed by atoms with van der Waals surface area (Å²) in [6.45, 7) is 6.44. The number of anilines is 1. The van der Waals surface area contributed by atoms with Crippen molar-refractivity contribution in [1.82, 2.24) is 5.32 Å². The van der Waals surface area contributed by atoms with Gasteiger partial charge in [-0.1, -0.05) is 31.5 Å². The van der Waals surface area contributed by atoms with E-state index >= 15 is 0 Å². The SMILES string of the molecule is CC.Cc1ccc(N2CCC(=O)NC2=O)cc1. The van der Waals surface area contributed by atoms with E-state index in [1.165, 1.54) is 0 Å². The van der Waals surface area contributed by atoms with Crippen LogP contribution >= 0.6 is 0 Å². The molecule has 1 aliphatic rings. The molecule has 0 atom stereocenters. The van der Waals surface area contributed by atoms with E-state index in [0.717, 1.165) is 11.3 Å². The van der Waals surface area contributed by atoms with Crippen molar-refractivity contribution >= 4 is 17.6 Å². The van der Waals surface area contributed by atoms with Gasteiger partial charge in [-0.15, -0.1) is 0 Å². The highest BCUT2D eigenvalue weighted by Crippen LogP contribution is 2.17. The molecule has 0 aromatic heterocycles. The van der Waals surface area contributed by atoms with Crippen LogP contribution in [0.1, 0.15) is 25.8 Å². The topological polar surface area (TPSA) is 49.4 Å². The highest BCUT2D eigenvalue weighted by atomic mass is 16.2. The molecule has 1 N–H and O–H groups in total. The Morgan fingerprint density at radius 3 is 2.24 bits per heavy atom. The number of carbonyl (C=O) groups excluding carboxylic acids is 2. The molecule has 1 heterocycles. The second kappa shape index (κ2) is 6.03. The van der Waals surface area contributed by atoms with Crippen LogP contribution in [-0.2, 0) is 4.79 Å². The lowest BCUT2D eigenvalue weighted by atomic mass is 10.2.